The highest BCUT2D eigenvalue weighted by Crippen LogP contribution is 2.30. The minimum Gasteiger partial charge on any atom is -0.768 e. The lowest BCUT2D eigenvalue weighted by Crippen LogP contribution is -2.22. The summed E-state index contributed by atoms with van der Waals surface area (Å²) in [6.45, 7) is 0.751. The number of rotatable bonds is 1. The number of likely N-dealkylation sites (N-methyl/N-ethyl adjacent to an activating group) is 1. The van der Waals surface area contributed by atoms with Gasteiger partial charge in [0.25, 0.3) is 0 Å². The second-order valence-corrected chi connectivity index (χ2v) is 4.12. The Kier molecular flexibility index (Phi) is 2.39. The Balaban J connectivity index is 2.64. The molecule has 0 aliphatic carbocycles. The molecule has 74 valence electrons. The Morgan fingerprint density at radius 3 is 3.00 bits per heavy atom. The van der Waals surface area contributed by atoms with Crippen LogP contribution in [0.4, 0.5) is 5.69 Å². The molecule has 0 fully saturated rings. The Morgan fingerprint density at radius 2 is 2.29 bits per heavy atom. The van der Waals surface area contributed by atoms with E-state index in [0.717, 1.165) is 17.8 Å². The lowest BCUT2D eigenvalue weighted by molar-refractivity contribution is 0.537. The molecular formula is C10H10NO2S-. The number of fused-ring (bicyclic) bond motifs is 1. The predicted molar refractivity (Wildman–Crippen MR) is 55.9 cm³/mol. The highest BCUT2D eigenvalue weighted by atomic mass is 32.2. The second-order valence-electron chi connectivity index (χ2n) is 3.21. The Hall–Kier alpha value is -1.13. The first kappa shape index (κ1) is 9.43. The van der Waals surface area contributed by atoms with Gasteiger partial charge >= 0.3 is 0 Å². The van der Waals surface area contributed by atoms with Gasteiger partial charge in [-0.3, -0.25) is 4.21 Å². The van der Waals surface area contributed by atoms with Gasteiger partial charge in [-0.15, -0.1) is 0 Å². The molecule has 14 heavy (non-hydrogen) atoms. The molecule has 0 N–H and O–H groups in total. The lowest BCUT2D eigenvalue weighted by Gasteiger charge is -2.26. The van der Waals surface area contributed by atoms with Gasteiger partial charge in [-0.25, -0.2) is 0 Å². The molecule has 1 aliphatic rings. The van der Waals surface area contributed by atoms with Crippen molar-refractivity contribution in [2.45, 2.75) is 4.90 Å². The van der Waals surface area contributed by atoms with E-state index in [1.165, 1.54) is 0 Å². The van der Waals surface area contributed by atoms with E-state index >= 15 is 0 Å². The molecule has 0 bridgehead atoms. The van der Waals surface area contributed by atoms with E-state index in [1.807, 2.05) is 30.2 Å². The van der Waals surface area contributed by atoms with E-state index in [-0.39, 0.29) is 0 Å². The molecule has 1 aliphatic heterocycles. The second kappa shape index (κ2) is 3.55. The van der Waals surface area contributed by atoms with Crippen molar-refractivity contribution in [1.29, 1.82) is 0 Å². The molecule has 2 rings (SSSR count). The van der Waals surface area contributed by atoms with Gasteiger partial charge in [0, 0.05) is 18.5 Å². The first-order valence-electron chi connectivity index (χ1n) is 4.30. The third-order valence-electron chi connectivity index (χ3n) is 2.27. The molecule has 0 radical (unpaired) electrons. The van der Waals surface area contributed by atoms with Crippen molar-refractivity contribution >= 4 is 22.8 Å². The van der Waals surface area contributed by atoms with E-state index in [1.54, 1.807) is 12.1 Å². The number of anilines is 1. The smallest absolute Gasteiger partial charge is 0.0592 e. The van der Waals surface area contributed by atoms with Crippen molar-refractivity contribution in [3.63, 3.8) is 0 Å². The number of hydrogen-bond donors (Lipinski definition) is 0. The van der Waals surface area contributed by atoms with Gasteiger partial charge in [-0.05, 0) is 22.7 Å². The van der Waals surface area contributed by atoms with Gasteiger partial charge in [0.2, 0.25) is 0 Å². The van der Waals surface area contributed by atoms with Crippen LogP contribution < -0.4 is 4.90 Å². The topological polar surface area (TPSA) is 43.4 Å². The van der Waals surface area contributed by atoms with Crippen LogP contribution in [0.25, 0.3) is 6.08 Å². The van der Waals surface area contributed by atoms with E-state index in [4.69, 9.17) is 0 Å². The number of benzene rings is 1. The molecule has 3 nitrogen and oxygen atoms in total. The average molecular weight is 208 g/mol. The average Bonchev–Trinajstić information content (AvgIpc) is 2.17. The van der Waals surface area contributed by atoms with E-state index in [9.17, 15) is 8.76 Å². The van der Waals surface area contributed by atoms with Crippen LogP contribution in [0.15, 0.2) is 29.2 Å². The van der Waals surface area contributed by atoms with Crippen molar-refractivity contribution in [3.05, 3.63) is 29.8 Å². The lowest BCUT2D eigenvalue weighted by atomic mass is 10.1. The maximum atomic E-state index is 11.0. The van der Waals surface area contributed by atoms with Gasteiger partial charge in [-0.2, -0.15) is 0 Å². The molecule has 0 aromatic heterocycles. The monoisotopic (exact) mass is 208 g/mol. The molecule has 1 aromatic carbocycles. The summed E-state index contributed by atoms with van der Waals surface area (Å²) in [4.78, 5) is 2.30. The minimum atomic E-state index is -2.16. The van der Waals surface area contributed by atoms with Crippen molar-refractivity contribution in [2.75, 3.05) is 18.5 Å². The fourth-order valence-electron chi connectivity index (χ4n) is 1.65. The third-order valence-corrected chi connectivity index (χ3v) is 2.96. The van der Waals surface area contributed by atoms with Crippen LogP contribution in [0.3, 0.4) is 0 Å². The molecule has 4 heteroatoms. The number of hydrogen-bond acceptors (Lipinski definition) is 3. The zero-order valence-electron chi connectivity index (χ0n) is 7.77. The van der Waals surface area contributed by atoms with E-state index in [2.05, 4.69) is 0 Å². The van der Waals surface area contributed by atoms with Gasteiger partial charge in [0.15, 0.2) is 0 Å². The molecule has 0 amide bonds. The Labute approximate surface area is 85.3 Å². The SMILES string of the molecule is CN1CC=Cc2cccc(S(=O)[O-])c21. The minimum absolute atomic E-state index is 0.370. The zero-order valence-corrected chi connectivity index (χ0v) is 8.58. The maximum absolute atomic E-state index is 11.0. The summed E-state index contributed by atoms with van der Waals surface area (Å²) in [5.41, 5.74) is 1.75. The molecule has 1 heterocycles. The quantitative estimate of drug-likeness (QED) is 0.655. The van der Waals surface area contributed by atoms with Crippen LogP contribution in [-0.2, 0) is 11.1 Å². The van der Waals surface area contributed by atoms with E-state index < -0.39 is 11.1 Å². The van der Waals surface area contributed by atoms with E-state index in [0.29, 0.717) is 4.90 Å². The summed E-state index contributed by atoms with van der Waals surface area (Å²) in [6.07, 6.45) is 3.96. The number of nitrogens with zero attached hydrogens (tertiary/aromatic N) is 1. The van der Waals surface area contributed by atoms with Crippen molar-refractivity contribution in [1.82, 2.24) is 0 Å². The zero-order chi connectivity index (χ0) is 10.1. The Morgan fingerprint density at radius 1 is 1.50 bits per heavy atom. The molecule has 1 aromatic rings. The standard InChI is InChI=1S/C10H11NO2S/c1-11-7-3-5-8-4-2-6-9(10(8)11)14(12)13/h2-6H,7H2,1H3,(H,12,13)/p-1. The highest BCUT2D eigenvalue weighted by molar-refractivity contribution is 7.79. The molecule has 0 saturated heterocycles. The molecular weight excluding hydrogens is 198 g/mol. The third kappa shape index (κ3) is 1.47. The molecule has 1 unspecified atom stereocenters. The van der Waals surface area contributed by atoms with Crippen molar-refractivity contribution in [2.24, 2.45) is 0 Å². The highest BCUT2D eigenvalue weighted by Gasteiger charge is 2.13. The Bertz CT molecular complexity index is 415. The van der Waals surface area contributed by atoms with Crippen molar-refractivity contribution in [3.8, 4) is 0 Å². The summed E-state index contributed by atoms with van der Waals surface area (Å²) in [7, 11) is 1.89. The summed E-state index contributed by atoms with van der Waals surface area (Å²) in [6, 6.07) is 5.29. The number of para-hydroxylation sites is 1. The molecule has 0 spiro atoms. The normalized spacial score (nSPS) is 16.6. The van der Waals surface area contributed by atoms with Crippen LogP contribution in [-0.4, -0.2) is 22.4 Å². The maximum Gasteiger partial charge on any atom is 0.0592 e. The molecule has 0 saturated carbocycles. The van der Waals surface area contributed by atoms with Gasteiger partial charge in [0.05, 0.1) is 5.69 Å². The summed E-state index contributed by atoms with van der Waals surface area (Å²) in [5.74, 6) is 0. The first-order valence-corrected chi connectivity index (χ1v) is 5.37. The summed E-state index contributed by atoms with van der Waals surface area (Å²) >= 11 is -2.16. The van der Waals surface area contributed by atoms with Crippen LogP contribution in [0.1, 0.15) is 5.56 Å². The first-order chi connectivity index (χ1) is 6.70. The molecule has 1 atom stereocenters. The van der Waals surface area contributed by atoms with Crippen LogP contribution in [0.2, 0.25) is 0 Å². The van der Waals surface area contributed by atoms with Crippen LogP contribution in [0.5, 0.6) is 0 Å². The van der Waals surface area contributed by atoms with Gasteiger partial charge < -0.3 is 9.45 Å². The van der Waals surface area contributed by atoms with Crippen LogP contribution in [0, 0.1) is 0 Å². The fourth-order valence-corrected chi connectivity index (χ4v) is 2.27. The fraction of sp³-hybridized carbons (Fsp3) is 0.200. The van der Waals surface area contributed by atoms with Gasteiger partial charge in [-0.1, -0.05) is 24.3 Å². The van der Waals surface area contributed by atoms with Gasteiger partial charge in [0.1, 0.15) is 0 Å². The predicted octanol–water partition coefficient (Wildman–Crippen LogP) is 1.39. The summed E-state index contributed by atoms with van der Waals surface area (Å²) < 4.78 is 21.9. The van der Waals surface area contributed by atoms with Crippen LogP contribution >= 0.6 is 0 Å². The van der Waals surface area contributed by atoms with Crippen molar-refractivity contribution < 1.29 is 8.76 Å². The summed E-state index contributed by atoms with van der Waals surface area (Å²) in [5, 5.41) is 0. The largest absolute Gasteiger partial charge is 0.768 e.